The van der Waals surface area contributed by atoms with Crippen molar-refractivity contribution in [2.75, 3.05) is 19.0 Å². The van der Waals surface area contributed by atoms with Crippen molar-refractivity contribution < 1.29 is 19.2 Å². The summed E-state index contributed by atoms with van der Waals surface area (Å²) in [6.07, 6.45) is 0.198. The molecule has 0 bridgehead atoms. The first-order valence-corrected chi connectivity index (χ1v) is 12.1. The van der Waals surface area contributed by atoms with E-state index in [1.165, 1.54) is 12.0 Å². The fourth-order valence-corrected chi connectivity index (χ4v) is 4.88. The van der Waals surface area contributed by atoms with Crippen LogP contribution in [0.1, 0.15) is 23.7 Å². The van der Waals surface area contributed by atoms with Gasteiger partial charge in [0.1, 0.15) is 13.2 Å². The minimum Gasteiger partial charge on any atom is -0.399 e. The standard InChI is InChI=1S/C28H27N5O4/c1-3-32-23-12-8-7-11-21(23)22-15-19(13-14-24(22)32)29-27(35)25-16-20(31-37-2)17-33(25)28(36)30-26(34)18-9-5-4-6-10-18/h4-15,25H,3,16-17H2,1-2H3,(H,29,35)(H,30,34,36)/t25-/m0/s1. The molecule has 9 nitrogen and oxygen atoms in total. The van der Waals surface area contributed by atoms with Crippen molar-refractivity contribution in [1.82, 2.24) is 14.8 Å². The second kappa shape index (κ2) is 10.1. The molecule has 1 aliphatic heterocycles. The van der Waals surface area contributed by atoms with Crippen LogP contribution >= 0.6 is 0 Å². The SMILES string of the molecule is CCn1c2ccccc2c2cc(NC(=O)[C@@H]3CC(=NOC)CN3C(=O)NC(=O)c3ccccc3)ccc21. The van der Waals surface area contributed by atoms with E-state index < -0.39 is 18.0 Å². The maximum Gasteiger partial charge on any atom is 0.325 e. The zero-order valence-electron chi connectivity index (χ0n) is 20.6. The zero-order valence-corrected chi connectivity index (χ0v) is 20.6. The van der Waals surface area contributed by atoms with E-state index in [1.807, 2.05) is 30.3 Å². The molecule has 2 N–H and O–H groups in total. The molecule has 1 aromatic heterocycles. The Morgan fingerprint density at radius 3 is 2.46 bits per heavy atom. The number of anilines is 1. The molecular formula is C28H27N5O4. The highest BCUT2D eigenvalue weighted by Crippen LogP contribution is 2.31. The molecule has 0 radical (unpaired) electrons. The first-order valence-electron chi connectivity index (χ1n) is 12.1. The Kier molecular flexibility index (Phi) is 6.59. The normalized spacial score (nSPS) is 16.3. The van der Waals surface area contributed by atoms with Crippen LogP contribution < -0.4 is 10.6 Å². The van der Waals surface area contributed by atoms with E-state index in [9.17, 15) is 14.4 Å². The minimum absolute atomic E-state index is 0.0723. The molecule has 1 fully saturated rings. The van der Waals surface area contributed by atoms with Crippen molar-refractivity contribution in [1.29, 1.82) is 0 Å². The van der Waals surface area contributed by atoms with Crippen LogP contribution in [-0.4, -0.2) is 52.7 Å². The van der Waals surface area contributed by atoms with Crippen molar-refractivity contribution in [2.45, 2.75) is 25.9 Å². The lowest BCUT2D eigenvalue weighted by Gasteiger charge is -2.23. The minimum atomic E-state index is -0.856. The number of oxime groups is 1. The fraction of sp³-hybridized carbons (Fsp3) is 0.214. The van der Waals surface area contributed by atoms with Gasteiger partial charge in [-0.25, -0.2) is 4.79 Å². The summed E-state index contributed by atoms with van der Waals surface area (Å²) in [4.78, 5) is 45.1. The predicted octanol–water partition coefficient (Wildman–Crippen LogP) is 4.38. The van der Waals surface area contributed by atoms with Crippen molar-refractivity contribution in [3.05, 3.63) is 78.4 Å². The van der Waals surface area contributed by atoms with Crippen molar-refractivity contribution in [2.24, 2.45) is 5.16 Å². The molecular weight excluding hydrogens is 470 g/mol. The number of benzene rings is 3. The number of hydrogen-bond acceptors (Lipinski definition) is 5. The number of urea groups is 1. The summed E-state index contributed by atoms with van der Waals surface area (Å²) < 4.78 is 2.23. The van der Waals surface area contributed by atoms with Crippen LogP contribution in [0.15, 0.2) is 78.0 Å². The van der Waals surface area contributed by atoms with Gasteiger partial charge in [-0.3, -0.25) is 14.9 Å². The number of imide groups is 1. The van der Waals surface area contributed by atoms with Crippen molar-refractivity contribution in [3.63, 3.8) is 0 Å². The van der Waals surface area contributed by atoms with Crippen LogP contribution in [0.3, 0.4) is 0 Å². The maximum absolute atomic E-state index is 13.4. The molecule has 3 aromatic carbocycles. The van der Waals surface area contributed by atoms with E-state index in [2.05, 4.69) is 39.4 Å². The number of hydrogen-bond donors (Lipinski definition) is 2. The Morgan fingerprint density at radius 2 is 1.70 bits per heavy atom. The Balaban J connectivity index is 1.39. The number of nitrogens with zero attached hydrogens (tertiary/aromatic N) is 3. The monoisotopic (exact) mass is 497 g/mol. The lowest BCUT2D eigenvalue weighted by molar-refractivity contribution is -0.119. The number of aromatic nitrogens is 1. The number of carbonyl (C=O) groups excluding carboxylic acids is 3. The molecule has 4 aromatic rings. The summed E-state index contributed by atoms with van der Waals surface area (Å²) in [5.41, 5.74) is 3.71. The molecule has 1 atom stereocenters. The molecule has 0 saturated carbocycles. The van der Waals surface area contributed by atoms with Crippen LogP contribution in [0.5, 0.6) is 0 Å². The molecule has 1 aliphatic rings. The van der Waals surface area contributed by atoms with E-state index in [1.54, 1.807) is 30.3 Å². The average molecular weight is 498 g/mol. The van der Waals surface area contributed by atoms with Crippen molar-refractivity contribution in [3.8, 4) is 0 Å². The Morgan fingerprint density at radius 1 is 0.973 bits per heavy atom. The summed E-state index contributed by atoms with van der Waals surface area (Å²) >= 11 is 0. The van der Waals surface area contributed by atoms with Gasteiger partial charge in [0.2, 0.25) is 5.91 Å². The van der Waals surface area contributed by atoms with Gasteiger partial charge in [0.25, 0.3) is 5.91 Å². The topological polar surface area (TPSA) is 105 Å². The Labute approximate surface area is 213 Å². The number of rotatable bonds is 5. The third-order valence-corrected chi connectivity index (χ3v) is 6.55. The van der Waals surface area contributed by atoms with Gasteiger partial charge in [0.05, 0.1) is 12.3 Å². The summed E-state index contributed by atoms with van der Waals surface area (Å²) in [5.74, 6) is -0.915. The maximum atomic E-state index is 13.4. The molecule has 1 saturated heterocycles. The molecule has 4 amide bonds. The summed E-state index contributed by atoms with van der Waals surface area (Å²) in [5, 5.41) is 11.4. The van der Waals surface area contributed by atoms with E-state index in [0.717, 1.165) is 28.4 Å². The molecule has 0 unspecified atom stereocenters. The number of nitrogens with one attached hydrogen (secondary N) is 2. The van der Waals surface area contributed by atoms with E-state index in [4.69, 9.17) is 4.84 Å². The first-order chi connectivity index (χ1) is 18.0. The number of amides is 4. The van der Waals surface area contributed by atoms with Crippen LogP contribution in [0.25, 0.3) is 21.8 Å². The molecule has 5 rings (SSSR count). The second-order valence-electron chi connectivity index (χ2n) is 8.80. The predicted molar refractivity (Wildman–Crippen MR) is 143 cm³/mol. The summed E-state index contributed by atoms with van der Waals surface area (Å²) in [6, 6.07) is 20.9. The van der Waals surface area contributed by atoms with Gasteiger partial charge < -0.3 is 19.6 Å². The number of carbonyl (C=O) groups is 3. The molecule has 9 heteroatoms. The van der Waals surface area contributed by atoms with Crippen LogP contribution in [0.2, 0.25) is 0 Å². The number of para-hydroxylation sites is 1. The lowest BCUT2D eigenvalue weighted by Crippen LogP contribution is -2.49. The van der Waals surface area contributed by atoms with Gasteiger partial charge in [-0.15, -0.1) is 0 Å². The summed E-state index contributed by atoms with van der Waals surface area (Å²) in [7, 11) is 1.41. The number of likely N-dealkylation sites (tertiary alicyclic amines) is 1. The molecule has 0 aliphatic carbocycles. The molecule has 188 valence electrons. The lowest BCUT2D eigenvalue weighted by atomic mass is 10.1. The highest BCUT2D eigenvalue weighted by molar-refractivity contribution is 6.12. The first kappa shape index (κ1) is 24.1. The van der Waals surface area contributed by atoms with Crippen LogP contribution in [0.4, 0.5) is 10.5 Å². The fourth-order valence-electron chi connectivity index (χ4n) is 4.88. The summed E-state index contributed by atoms with van der Waals surface area (Å²) in [6.45, 7) is 3.00. The van der Waals surface area contributed by atoms with Crippen LogP contribution in [0, 0.1) is 0 Å². The Hall–Kier alpha value is -4.66. The third kappa shape index (κ3) is 4.63. The van der Waals surface area contributed by atoms with E-state index in [-0.39, 0.29) is 18.9 Å². The molecule has 0 spiro atoms. The largest absolute Gasteiger partial charge is 0.399 e. The van der Waals surface area contributed by atoms with E-state index >= 15 is 0 Å². The highest BCUT2D eigenvalue weighted by atomic mass is 16.6. The van der Waals surface area contributed by atoms with E-state index in [0.29, 0.717) is 17.0 Å². The third-order valence-electron chi connectivity index (χ3n) is 6.55. The quantitative estimate of drug-likeness (QED) is 0.399. The van der Waals surface area contributed by atoms with Gasteiger partial charge in [-0.05, 0) is 43.3 Å². The number of fused-ring (bicyclic) bond motifs is 3. The van der Waals surface area contributed by atoms with Gasteiger partial charge in [0.15, 0.2) is 0 Å². The number of aryl methyl sites for hydroxylation is 1. The molecule has 2 heterocycles. The zero-order chi connectivity index (χ0) is 25.9. The van der Waals surface area contributed by atoms with Crippen molar-refractivity contribution >= 4 is 51.1 Å². The molecule has 37 heavy (non-hydrogen) atoms. The van der Waals surface area contributed by atoms with Gasteiger partial charge in [-0.1, -0.05) is 41.6 Å². The van der Waals surface area contributed by atoms with Gasteiger partial charge >= 0.3 is 6.03 Å². The average Bonchev–Trinajstić information content (AvgIpc) is 3.48. The van der Waals surface area contributed by atoms with Gasteiger partial charge in [0, 0.05) is 46.0 Å². The van der Waals surface area contributed by atoms with Gasteiger partial charge in [-0.2, -0.15) is 0 Å². The second-order valence-corrected chi connectivity index (χ2v) is 8.80. The Bertz CT molecular complexity index is 1530. The smallest absolute Gasteiger partial charge is 0.325 e. The highest BCUT2D eigenvalue weighted by Gasteiger charge is 2.39. The van der Waals surface area contributed by atoms with Crippen LogP contribution in [-0.2, 0) is 16.2 Å².